The van der Waals surface area contributed by atoms with Crippen LogP contribution in [-0.4, -0.2) is 15.8 Å². The van der Waals surface area contributed by atoms with E-state index in [0.29, 0.717) is 11.3 Å². The van der Waals surface area contributed by atoms with Crippen LogP contribution in [0.15, 0.2) is 42.5 Å². The van der Waals surface area contributed by atoms with Gasteiger partial charge in [0.25, 0.3) is 5.69 Å². The lowest BCUT2D eigenvalue weighted by Crippen LogP contribution is -1.99. The van der Waals surface area contributed by atoms with Gasteiger partial charge in [-0.25, -0.2) is 0 Å². The van der Waals surface area contributed by atoms with Crippen LogP contribution >= 0.6 is 0 Å². The molecule has 0 spiro atoms. The van der Waals surface area contributed by atoms with Crippen molar-refractivity contribution in [2.45, 2.75) is 13.5 Å². The molecule has 0 aliphatic rings. The van der Waals surface area contributed by atoms with Crippen molar-refractivity contribution in [1.29, 1.82) is 0 Å². The summed E-state index contributed by atoms with van der Waals surface area (Å²) < 4.78 is 5.59. The topological polar surface area (TPSA) is 89.7 Å². The Hall–Kier alpha value is -2.73. The van der Waals surface area contributed by atoms with Gasteiger partial charge in [0.05, 0.1) is 17.1 Å². The van der Waals surface area contributed by atoms with Crippen molar-refractivity contribution < 1.29 is 19.6 Å². The maximum Gasteiger partial charge on any atom is 0.270 e. The van der Waals surface area contributed by atoms with Gasteiger partial charge in [0, 0.05) is 12.1 Å². The van der Waals surface area contributed by atoms with E-state index in [-0.39, 0.29) is 29.4 Å². The van der Waals surface area contributed by atoms with Crippen LogP contribution in [0.5, 0.6) is 11.5 Å². The van der Waals surface area contributed by atoms with Gasteiger partial charge in [-0.2, -0.15) is 0 Å². The number of Topliss-reactive ketones (excluding diaryl/α,β-unsaturated/α-hetero) is 1. The van der Waals surface area contributed by atoms with Crippen LogP contribution in [-0.2, 0) is 6.61 Å². The number of rotatable bonds is 5. The third-order valence-corrected chi connectivity index (χ3v) is 2.86. The zero-order chi connectivity index (χ0) is 15.4. The minimum absolute atomic E-state index is 0.128. The molecule has 0 aromatic heterocycles. The molecule has 0 aliphatic heterocycles. The third-order valence-electron chi connectivity index (χ3n) is 2.86. The number of aliphatic hydroxyl groups excluding tert-OH is 1. The molecule has 0 heterocycles. The largest absolute Gasteiger partial charge is 0.457 e. The van der Waals surface area contributed by atoms with E-state index in [0.717, 1.165) is 0 Å². The Morgan fingerprint density at radius 2 is 2.05 bits per heavy atom. The summed E-state index contributed by atoms with van der Waals surface area (Å²) in [4.78, 5) is 21.8. The summed E-state index contributed by atoms with van der Waals surface area (Å²) in [6.45, 7) is 1.19. The molecule has 0 bridgehead atoms. The van der Waals surface area contributed by atoms with Crippen LogP contribution in [0.25, 0.3) is 0 Å². The lowest BCUT2D eigenvalue weighted by Gasteiger charge is -2.10. The predicted molar refractivity (Wildman–Crippen MR) is 75.5 cm³/mol. The zero-order valence-corrected chi connectivity index (χ0v) is 11.3. The molecule has 0 radical (unpaired) electrons. The molecule has 2 rings (SSSR count). The van der Waals surface area contributed by atoms with E-state index in [1.165, 1.54) is 25.1 Å². The van der Waals surface area contributed by atoms with Crippen LogP contribution in [0.3, 0.4) is 0 Å². The predicted octanol–water partition coefficient (Wildman–Crippen LogP) is 3.08. The number of non-ortho nitro benzene ring substituents is 1. The molecule has 0 amide bonds. The molecule has 0 saturated carbocycles. The Labute approximate surface area is 120 Å². The molecule has 21 heavy (non-hydrogen) atoms. The number of nitro benzene ring substituents is 1. The second kappa shape index (κ2) is 6.15. The van der Waals surface area contributed by atoms with Crippen molar-refractivity contribution in [3.05, 3.63) is 63.7 Å². The van der Waals surface area contributed by atoms with E-state index in [9.17, 15) is 14.9 Å². The van der Waals surface area contributed by atoms with Crippen molar-refractivity contribution in [3.8, 4) is 11.5 Å². The van der Waals surface area contributed by atoms with Crippen molar-refractivity contribution in [3.63, 3.8) is 0 Å². The first-order valence-corrected chi connectivity index (χ1v) is 6.18. The number of hydrogen-bond acceptors (Lipinski definition) is 5. The first-order chi connectivity index (χ1) is 10.0. The van der Waals surface area contributed by atoms with Gasteiger partial charge in [-0.05, 0) is 30.7 Å². The molecule has 0 fully saturated rings. The lowest BCUT2D eigenvalue weighted by atomic mass is 10.1. The van der Waals surface area contributed by atoms with Gasteiger partial charge in [-0.15, -0.1) is 0 Å². The maximum absolute atomic E-state index is 11.6. The molecule has 0 aliphatic carbocycles. The first kappa shape index (κ1) is 14.7. The fourth-order valence-corrected chi connectivity index (χ4v) is 1.83. The summed E-state index contributed by atoms with van der Waals surface area (Å²) in [7, 11) is 0. The van der Waals surface area contributed by atoms with Crippen LogP contribution in [0.4, 0.5) is 5.69 Å². The highest BCUT2D eigenvalue weighted by Gasteiger charge is 2.15. The van der Waals surface area contributed by atoms with E-state index in [1.54, 1.807) is 24.3 Å². The Balaban J connectivity index is 2.38. The summed E-state index contributed by atoms with van der Waals surface area (Å²) in [6.07, 6.45) is 0. The monoisotopic (exact) mass is 287 g/mol. The summed E-state index contributed by atoms with van der Waals surface area (Å²) in [6, 6.07) is 10.6. The number of hydrogen-bond donors (Lipinski definition) is 1. The fraction of sp³-hybridized carbons (Fsp3) is 0.133. The number of ketones is 1. The number of nitro groups is 1. The van der Waals surface area contributed by atoms with Gasteiger partial charge in [-0.1, -0.05) is 12.1 Å². The van der Waals surface area contributed by atoms with E-state index < -0.39 is 4.92 Å². The number of aliphatic hydroxyl groups is 1. The van der Waals surface area contributed by atoms with Crippen LogP contribution in [0.2, 0.25) is 0 Å². The number of benzene rings is 2. The molecule has 0 atom stereocenters. The highest BCUT2D eigenvalue weighted by molar-refractivity contribution is 5.97. The van der Waals surface area contributed by atoms with Gasteiger partial charge in [0.15, 0.2) is 5.78 Å². The maximum atomic E-state index is 11.6. The van der Waals surface area contributed by atoms with Crippen molar-refractivity contribution in [2.75, 3.05) is 0 Å². The Bertz CT molecular complexity index is 696. The van der Waals surface area contributed by atoms with E-state index in [1.807, 2.05) is 0 Å². The molecule has 108 valence electrons. The van der Waals surface area contributed by atoms with E-state index in [2.05, 4.69) is 0 Å². The molecule has 0 unspecified atom stereocenters. The van der Waals surface area contributed by atoms with Crippen LogP contribution in [0, 0.1) is 10.1 Å². The Morgan fingerprint density at radius 1 is 1.29 bits per heavy atom. The van der Waals surface area contributed by atoms with Gasteiger partial charge in [-0.3, -0.25) is 14.9 Å². The van der Waals surface area contributed by atoms with E-state index in [4.69, 9.17) is 9.84 Å². The van der Waals surface area contributed by atoms with Gasteiger partial charge in [0.2, 0.25) is 0 Å². The Morgan fingerprint density at radius 3 is 2.67 bits per heavy atom. The molecule has 1 N–H and O–H groups in total. The standard InChI is InChI=1S/C15H13NO5/c1-10(18)14-8-12(16(19)20)5-6-15(14)21-13-4-2-3-11(7-13)9-17/h2-8,17H,9H2,1H3. The Kier molecular flexibility index (Phi) is 4.30. The quantitative estimate of drug-likeness (QED) is 0.518. The summed E-state index contributed by atoms with van der Waals surface area (Å²) in [5.74, 6) is 0.355. The number of carbonyl (C=O) groups excluding carboxylic acids is 1. The van der Waals surface area contributed by atoms with Crippen LogP contribution < -0.4 is 4.74 Å². The van der Waals surface area contributed by atoms with Crippen molar-refractivity contribution in [2.24, 2.45) is 0 Å². The summed E-state index contributed by atoms with van der Waals surface area (Å²) >= 11 is 0. The summed E-state index contributed by atoms with van der Waals surface area (Å²) in [5, 5.41) is 19.8. The number of ether oxygens (including phenoxy) is 1. The first-order valence-electron chi connectivity index (χ1n) is 6.18. The fourth-order valence-electron chi connectivity index (χ4n) is 1.83. The number of carbonyl (C=O) groups is 1. The number of nitrogens with zero attached hydrogens (tertiary/aromatic N) is 1. The summed E-state index contributed by atoms with van der Waals surface area (Å²) in [5.41, 5.74) is 0.633. The van der Waals surface area contributed by atoms with Gasteiger partial charge >= 0.3 is 0 Å². The zero-order valence-electron chi connectivity index (χ0n) is 11.3. The normalized spacial score (nSPS) is 10.2. The van der Waals surface area contributed by atoms with Crippen molar-refractivity contribution >= 4 is 11.5 Å². The highest BCUT2D eigenvalue weighted by Crippen LogP contribution is 2.29. The highest BCUT2D eigenvalue weighted by atomic mass is 16.6. The van der Waals surface area contributed by atoms with Crippen molar-refractivity contribution in [1.82, 2.24) is 0 Å². The molecular weight excluding hydrogens is 274 g/mol. The third kappa shape index (κ3) is 3.43. The smallest absolute Gasteiger partial charge is 0.270 e. The van der Waals surface area contributed by atoms with Gasteiger partial charge < -0.3 is 9.84 Å². The average Bonchev–Trinajstić information content (AvgIpc) is 2.47. The van der Waals surface area contributed by atoms with Crippen LogP contribution in [0.1, 0.15) is 22.8 Å². The average molecular weight is 287 g/mol. The molecule has 0 saturated heterocycles. The minimum Gasteiger partial charge on any atom is -0.457 e. The molecule has 2 aromatic carbocycles. The molecule has 2 aromatic rings. The second-order valence-electron chi connectivity index (χ2n) is 4.40. The molecular formula is C15H13NO5. The van der Waals surface area contributed by atoms with Gasteiger partial charge in [0.1, 0.15) is 11.5 Å². The second-order valence-corrected chi connectivity index (χ2v) is 4.40. The molecule has 6 nitrogen and oxygen atoms in total. The van der Waals surface area contributed by atoms with E-state index >= 15 is 0 Å². The SMILES string of the molecule is CC(=O)c1cc([N+](=O)[O-])ccc1Oc1cccc(CO)c1. The molecule has 6 heteroatoms. The minimum atomic E-state index is -0.567. The lowest BCUT2D eigenvalue weighted by molar-refractivity contribution is -0.384.